The largest absolute Gasteiger partial charge is 0.399 e. The summed E-state index contributed by atoms with van der Waals surface area (Å²) in [4.78, 5) is 8.06. The van der Waals surface area contributed by atoms with E-state index in [1.54, 1.807) is 24.7 Å². The summed E-state index contributed by atoms with van der Waals surface area (Å²) in [7, 11) is 0. The molecule has 0 aliphatic carbocycles. The van der Waals surface area contributed by atoms with Crippen LogP contribution in [0.3, 0.4) is 0 Å². The van der Waals surface area contributed by atoms with Crippen LogP contribution < -0.4 is 11.1 Å². The summed E-state index contributed by atoms with van der Waals surface area (Å²) in [6.07, 6.45) is 5.42. The number of nitrogens with zero attached hydrogens (tertiary/aromatic N) is 3. The molecule has 6 heteroatoms. The minimum Gasteiger partial charge on any atom is -0.399 e. The molecule has 0 amide bonds. The molecule has 0 spiro atoms. The number of nitrogen functional groups attached to an aromatic ring is 1. The fourth-order valence-corrected chi connectivity index (χ4v) is 1.56. The highest BCUT2D eigenvalue weighted by Crippen LogP contribution is 2.15. The average molecular weight is 238 g/mol. The number of hydrogen-bond acceptors (Lipinski definition) is 4. The normalized spacial score (nSPS) is 10.3. The van der Waals surface area contributed by atoms with Gasteiger partial charge < -0.3 is 15.6 Å². The van der Waals surface area contributed by atoms with Crippen molar-refractivity contribution >= 4 is 23.1 Å². The Hall–Kier alpha value is -1.75. The number of imidazole rings is 1. The van der Waals surface area contributed by atoms with Gasteiger partial charge in [0, 0.05) is 37.2 Å². The first-order valence-corrected chi connectivity index (χ1v) is 5.24. The monoisotopic (exact) mass is 237 g/mol. The molecule has 2 aromatic rings. The number of aromatic nitrogens is 3. The van der Waals surface area contributed by atoms with Gasteiger partial charge in [-0.3, -0.25) is 0 Å². The number of anilines is 2. The number of pyridine rings is 1. The second-order valence-corrected chi connectivity index (χ2v) is 3.72. The third-order valence-corrected chi connectivity index (χ3v) is 2.25. The van der Waals surface area contributed by atoms with E-state index in [0.29, 0.717) is 16.7 Å². The predicted octanol–water partition coefficient (Wildman–Crippen LogP) is 1.63. The average Bonchev–Trinajstić information content (AvgIpc) is 2.69. The van der Waals surface area contributed by atoms with Crippen molar-refractivity contribution in [2.75, 3.05) is 17.6 Å². The smallest absolute Gasteiger partial charge is 0.133 e. The van der Waals surface area contributed by atoms with Crippen molar-refractivity contribution in [2.24, 2.45) is 0 Å². The molecule has 0 saturated carbocycles. The van der Waals surface area contributed by atoms with Gasteiger partial charge in [0.25, 0.3) is 0 Å². The molecule has 0 aliphatic heterocycles. The molecule has 0 fully saturated rings. The lowest BCUT2D eigenvalue weighted by molar-refractivity contribution is 0.725. The van der Waals surface area contributed by atoms with Crippen LogP contribution in [-0.2, 0) is 6.54 Å². The van der Waals surface area contributed by atoms with Crippen molar-refractivity contribution in [1.82, 2.24) is 14.5 Å². The standard InChI is InChI=1S/C10H12ClN5/c11-9-5-8(12)6-10(15-9)14-2-4-16-3-1-13-7-16/h1,3,5-7H,2,4H2,(H3,12,14,15). The van der Waals surface area contributed by atoms with Crippen LogP contribution in [0.15, 0.2) is 30.9 Å². The van der Waals surface area contributed by atoms with Crippen LogP contribution in [0.4, 0.5) is 11.5 Å². The third kappa shape index (κ3) is 2.87. The van der Waals surface area contributed by atoms with Crippen molar-refractivity contribution in [3.63, 3.8) is 0 Å². The fourth-order valence-electron chi connectivity index (χ4n) is 1.34. The quantitative estimate of drug-likeness (QED) is 0.793. The first-order chi connectivity index (χ1) is 7.74. The molecule has 2 rings (SSSR count). The Kier molecular flexibility index (Phi) is 3.26. The fraction of sp³-hybridized carbons (Fsp3) is 0.200. The second-order valence-electron chi connectivity index (χ2n) is 3.34. The van der Waals surface area contributed by atoms with E-state index in [-0.39, 0.29) is 0 Å². The summed E-state index contributed by atoms with van der Waals surface area (Å²) in [5.41, 5.74) is 6.25. The van der Waals surface area contributed by atoms with Gasteiger partial charge in [-0.2, -0.15) is 0 Å². The Morgan fingerprint density at radius 3 is 3.00 bits per heavy atom. The summed E-state index contributed by atoms with van der Waals surface area (Å²) < 4.78 is 1.97. The molecule has 2 heterocycles. The van der Waals surface area contributed by atoms with Gasteiger partial charge in [-0.25, -0.2) is 9.97 Å². The van der Waals surface area contributed by atoms with E-state index in [9.17, 15) is 0 Å². The van der Waals surface area contributed by atoms with Gasteiger partial charge in [0.1, 0.15) is 11.0 Å². The van der Waals surface area contributed by atoms with Crippen molar-refractivity contribution < 1.29 is 0 Å². The maximum Gasteiger partial charge on any atom is 0.133 e. The van der Waals surface area contributed by atoms with E-state index >= 15 is 0 Å². The Balaban J connectivity index is 1.89. The number of rotatable bonds is 4. The molecule has 16 heavy (non-hydrogen) atoms. The van der Waals surface area contributed by atoms with E-state index in [4.69, 9.17) is 17.3 Å². The van der Waals surface area contributed by atoms with Crippen LogP contribution in [0.2, 0.25) is 5.15 Å². The summed E-state index contributed by atoms with van der Waals surface area (Å²) in [6.45, 7) is 1.55. The van der Waals surface area contributed by atoms with Gasteiger partial charge in [-0.15, -0.1) is 0 Å². The molecule has 0 bridgehead atoms. The first kappa shape index (κ1) is 10.8. The second kappa shape index (κ2) is 4.85. The Bertz CT molecular complexity index is 434. The molecule has 0 aromatic carbocycles. The maximum absolute atomic E-state index is 5.78. The molecule has 0 unspecified atom stereocenters. The lowest BCUT2D eigenvalue weighted by atomic mass is 10.4. The molecule has 0 saturated heterocycles. The minimum atomic E-state index is 0.394. The molecule has 84 valence electrons. The van der Waals surface area contributed by atoms with Crippen molar-refractivity contribution in [3.8, 4) is 0 Å². The van der Waals surface area contributed by atoms with Gasteiger partial charge in [0.15, 0.2) is 0 Å². The van der Waals surface area contributed by atoms with Crippen molar-refractivity contribution in [1.29, 1.82) is 0 Å². The number of halogens is 1. The summed E-state index contributed by atoms with van der Waals surface area (Å²) in [5.74, 6) is 0.685. The van der Waals surface area contributed by atoms with E-state index in [2.05, 4.69) is 15.3 Å². The molecule has 3 N–H and O–H groups in total. The SMILES string of the molecule is Nc1cc(Cl)nc(NCCn2ccnc2)c1. The zero-order chi connectivity index (χ0) is 11.4. The van der Waals surface area contributed by atoms with Crippen LogP contribution in [0.1, 0.15) is 0 Å². The Morgan fingerprint density at radius 2 is 2.31 bits per heavy atom. The number of nitrogens with one attached hydrogen (secondary N) is 1. The van der Waals surface area contributed by atoms with Crippen LogP contribution in [0, 0.1) is 0 Å². The zero-order valence-corrected chi connectivity index (χ0v) is 9.35. The first-order valence-electron chi connectivity index (χ1n) is 4.87. The lowest BCUT2D eigenvalue weighted by Crippen LogP contribution is -2.10. The van der Waals surface area contributed by atoms with E-state index in [1.165, 1.54) is 0 Å². The van der Waals surface area contributed by atoms with Gasteiger partial charge >= 0.3 is 0 Å². The Labute approximate surface area is 98.3 Å². The number of nitrogens with two attached hydrogens (primary N) is 1. The van der Waals surface area contributed by atoms with Crippen LogP contribution in [-0.4, -0.2) is 21.1 Å². The minimum absolute atomic E-state index is 0.394. The molecule has 0 aliphatic rings. The van der Waals surface area contributed by atoms with E-state index in [0.717, 1.165) is 13.1 Å². The molecule has 0 atom stereocenters. The summed E-state index contributed by atoms with van der Waals surface area (Å²) in [5, 5.41) is 3.53. The molecule has 2 aromatic heterocycles. The number of hydrogen-bond donors (Lipinski definition) is 2. The van der Waals surface area contributed by atoms with Crippen LogP contribution in [0.5, 0.6) is 0 Å². The molecular weight excluding hydrogens is 226 g/mol. The topological polar surface area (TPSA) is 68.8 Å². The highest BCUT2D eigenvalue weighted by Gasteiger charge is 1.98. The van der Waals surface area contributed by atoms with Gasteiger partial charge in [0.2, 0.25) is 0 Å². The maximum atomic E-state index is 5.78. The molecular formula is C10H12ClN5. The third-order valence-electron chi connectivity index (χ3n) is 2.05. The highest BCUT2D eigenvalue weighted by atomic mass is 35.5. The van der Waals surface area contributed by atoms with Crippen LogP contribution in [0.25, 0.3) is 0 Å². The summed E-state index contributed by atoms with van der Waals surface area (Å²) >= 11 is 5.78. The lowest BCUT2D eigenvalue weighted by Gasteiger charge is -2.07. The van der Waals surface area contributed by atoms with Crippen LogP contribution >= 0.6 is 11.6 Å². The van der Waals surface area contributed by atoms with Gasteiger partial charge in [-0.1, -0.05) is 11.6 Å². The highest BCUT2D eigenvalue weighted by molar-refractivity contribution is 6.29. The summed E-state index contributed by atoms with van der Waals surface area (Å²) in [6, 6.07) is 3.36. The molecule has 0 radical (unpaired) electrons. The van der Waals surface area contributed by atoms with E-state index < -0.39 is 0 Å². The zero-order valence-electron chi connectivity index (χ0n) is 8.60. The Morgan fingerprint density at radius 1 is 1.44 bits per heavy atom. The molecule has 5 nitrogen and oxygen atoms in total. The van der Waals surface area contributed by atoms with Crippen molar-refractivity contribution in [2.45, 2.75) is 6.54 Å². The van der Waals surface area contributed by atoms with Crippen molar-refractivity contribution in [3.05, 3.63) is 36.0 Å². The van der Waals surface area contributed by atoms with E-state index in [1.807, 2.05) is 10.8 Å². The van der Waals surface area contributed by atoms with Gasteiger partial charge in [-0.05, 0) is 6.07 Å². The van der Waals surface area contributed by atoms with Gasteiger partial charge in [0.05, 0.1) is 6.33 Å². The predicted molar refractivity (Wildman–Crippen MR) is 64.4 cm³/mol.